The van der Waals surface area contributed by atoms with Crippen molar-refractivity contribution in [1.82, 2.24) is 14.5 Å². The predicted octanol–water partition coefficient (Wildman–Crippen LogP) is 4.03. The summed E-state index contributed by atoms with van der Waals surface area (Å²) in [5, 5.41) is 8.81. The average Bonchev–Trinajstić information content (AvgIpc) is 3.33. The summed E-state index contributed by atoms with van der Waals surface area (Å²) in [5.41, 5.74) is 5.80. The van der Waals surface area contributed by atoms with Gasteiger partial charge in [0, 0.05) is 44.0 Å². The molecule has 8 nitrogen and oxygen atoms in total. The van der Waals surface area contributed by atoms with Crippen molar-refractivity contribution in [1.29, 1.82) is 0 Å². The van der Waals surface area contributed by atoms with Crippen LogP contribution in [0.1, 0.15) is 22.3 Å². The van der Waals surface area contributed by atoms with Crippen LogP contribution in [0.5, 0.6) is 0 Å². The lowest BCUT2D eigenvalue weighted by Crippen LogP contribution is -2.49. The van der Waals surface area contributed by atoms with E-state index in [2.05, 4.69) is 36.2 Å². The SMILES string of the molecule is Cc1cc(C)c(-c2ccc(N3CCN(S(=O)(=O)c4ccc5c(c4)CCN5C(=O)C(F)(F)F)CC3)nn2)cc1C. The molecule has 5 rings (SSSR count). The Morgan fingerprint density at radius 2 is 1.54 bits per heavy atom. The van der Waals surface area contributed by atoms with E-state index in [4.69, 9.17) is 0 Å². The number of halogens is 3. The lowest BCUT2D eigenvalue weighted by atomic mass is 9.99. The first kappa shape index (κ1) is 27.1. The highest BCUT2D eigenvalue weighted by atomic mass is 32.2. The third kappa shape index (κ3) is 5.10. The Hall–Kier alpha value is -3.51. The second-order valence-electron chi connectivity index (χ2n) is 9.91. The van der Waals surface area contributed by atoms with E-state index < -0.39 is 22.1 Å². The van der Waals surface area contributed by atoms with Crippen LogP contribution in [0.4, 0.5) is 24.7 Å². The molecule has 3 aromatic rings. The number of carbonyl (C=O) groups is 1. The summed E-state index contributed by atoms with van der Waals surface area (Å²) in [6.45, 7) is 7.28. The number of carbonyl (C=O) groups excluding carboxylic acids is 1. The molecule has 2 aromatic carbocycles. The molecule has 0 spiro atoms. The number of rotatable bonds is 4. The van der Waals surface area contributed by atoms with Gasteiger partial charge in [0.15, 0.2) is 5.82 Å². The highest BCUT2D eigenvalue weighted by Gasteiger charge is 2.45. The van der Waals surface area contributed by atoms with Crippen molar-refractivity contribution < 1.29 is 26.4 Å². The van der Waals surface area contributed by atoms with Gasteiger partial charge in [-0.3, -0.25) is 4.79 Å². The van der Waals surface area contributed by atoms with Crippen LogP contribution in [0.3, 0.4) is 0 Å². The first-order valence-electron chi connectivity index (χ1n) is 12.5. The van der Waals surface area contributed by atoms with Gasteiger partial charge >= 0.3 is 12.1 Å². The number of aryl methyl sites for hydroxylation is 3. The lowest BCUT2D eigenvalue weighted by molar-refractivity contribution is -0.170. The molecule has 0 radical (unpaired) electrons. The molecule has 0 N–H and O–H groups in total. The largest absolute Gasteiger partial charge is 0.471 e. The van der Waals surface area contributed by atoms with E-state index in [1.54, 1.807) is 0 Å². The number of nitrogens with zero attached hydrogens (tertiary/aromatic N) is 5. The summed E-state index contributed by atoms with van der Waals surface area (Å²) in [7, 11) is -3.87. The first-order chi connectivity index (χ1) is 18.4. The minimum absolute atomic E-state index is 0.00362. The van der Waals surface area contributed by atoms with Gasteiger partial charge in [0.2, 0.25) is 10.0 Å². The Morgan fingerprint density at radius 3 is 2.18 bits per heavy atom. The minimum atomic E-state index is -4.99. The fourth-order valence-corrected chi connectivity index (χ4v) is 6.56. The van der Waals surface area contributed by atoms with Crippen molar-refractivity contribution in [3.05, 3.63) is 64.7 Å². The number of hydrogen-bond acceptors (Lipinski definition) is 6. The van der Waals surface area contributed by atoms with Gasteiger partial charge in [-0.25, -0.2) is 8.42 Å². The number of sulfonamides is 1. The molecule has 1 fully saturated rings. The summed E-state index contributed by atoms with van der Waals surface area (Å²) in [6, 6.07) is 11.9. The summed E-state index contributed by atoms with van der Waals surface area (Å²) < 4.78 is 66.7. The maximum atomic E-state index is 13.3. The zero-order chi connectivity index (χ0) is 28.1. The molecule has 0 unspecified atom stereocenters. The molecule has 0 saturated carbocycles. The minimum Gasteiger partial charge on any atom is -0.352 e. The monoisotopic (exact) mass is 559 g/mol. The van der Waals surface area contributed by atoms with Crippen LogP contribution < -0.4 is 9.80 Å². The number of benzene rings is 2. The molecule has 2 aliphatic heterocycles. The van der Waals surface area contributed by atoms with Gasteiger partial charge in [-0.2, -0.15) is 17.5 Å². The number of aromatic nitrogens is 2. The van der Waals surface area contributed by atoms with E-state index in [0.29, 0.717) is 29.4 Å². The highest BCUT2D eigenvalue weighted by molar-refractivity contribution is 7.89. The van der Waals surface area contributed by atoms with Crippen LogP contribution >= 0.6 is 0 Å². The van der Waals surface area contributed by atoms with E-state index in [9.17, 15) is 26.4 Å². The molecule has 2 aliphatic rings. The molecule has 1 amide bonds. The Bertz CT molecular complexity index is 1530. The molecule has 0 aliphatic carbocycles. The molecule has 12 heteroatoms. The van der Waals surface area contributed by atoms with E-state index in [1.807, 2.05) is 24.0 Å². The highest BCUT2D eigenvalue weighted by Crippen LogP contribution is 2.34. The Kier molecular flexibility index (Phi) is 6.88. The summed E-state index contributed by atoms with van der Waals surface area (Å²) in [5.74, 6) is -1.29. The summed E-state index contributed by atoms with van der Waals surface area (Å²) in [6.07, 6.45) is -4.83. The molecule has 206 valence electrons. The second kappa shape index (κ2) is 9.91. The van der Waals surface area contributed by atoms with Gasteiger partial charge in [-0.15, -0.1) is 10.2 Å². The van der Waals surface area contributed by atoms with Crippen LogP contribution in [0.25, 0.3) is 11.3 Å². The molecule has 3 heterocycles. The topological polar surface area (TPSA) is 86.7 Å². The van der Waals surface area contributed by atoms with E-state index in [1.165, 1.54) is 33.6 Å². The number of amides is 1. The molecule has 0 atom stereocenters. The smallest absolute Gasteiger partial charge is 0.352 e. The number of hydrogen-bond donors (Lipinski definition) is 0. The third-order valence-corrected chi connectivity index (χ3v) is 9.30. The predicted molar refractivity (Wildman–Crippen MR) is 141 cm³/mol. The van der Waals surface area contributed by atoms with Crippen molar-refractivity contribution in [3.63, 3.8) is 0 Å². The molecule has 1 aromatic heterocycles. The average molecular weight is 560 g/mol. The molecular weight excluding hydrogens is 531 g/mol. The number of alkyl halides is 3. The molecule has 1 saturated heterocycles. The second-order valence-corrected chi connectivity index (χ2v) is 11.9. The zero-order valence-electron chi connectivity index (χ0n) is 21.8. The molecular formula is C27H28F3N5O3S. The van der Waals surface area contributed by atoms with E-state index in [0.717, 1.165) is 16.8 Å². The maximum Gasteiger partial charge on any atom is 0.471 e. The molecule has 0 bridgehead atoms. The fourth-order valence-electron chi connectivity index (χ4n) is 5.08. The number of fused-ring (bicyclic) bond motifs is 1. The Balaban J connectivity index is 1.26. The maximum absolute atomic E-state index is 13.3. The standard InChI is InChI=1S/C27H28F3N5O3S/c1-17-14-19(3)22(15-18(17)2)23-5-7-25(32-31-23)33-10-12-34(13-11-33)39(37,38)21-4-6-24-20(16-21)8-9-35(24)26(36)27(28,29)30/h4-7,14-16H,8-13H2,1-3H3. The fraction of sp³-hybridized carbons (Fsp3) is 0.370. The van der Waals surface area contributed by atoms with Gasteiger partial charge in [0.05, 0.1) is 10.6 Å². The quantitative estimate of drug-likeness (QED) is 0.480. The third-order valence-electron chi connectivity index (χ3n) is 7.40. The van der Waals surface area contributed by atoms with Crippen LogP contribution in [-0.4, -0.2) is 67.7 Å². The van der Waals surface area contributed by atoms with Crippen LogP contribution in [-0.2, 0) is 21.2 Å². The number of anilines is 2. The summed E-state index contributed by atoms with van der Waals surface area (Å²) in [4.78, 5) is 14.3. The van der Waals surface area contributed by atoms with Crippen LogP contribution in [0.2, 0.25) is 0 Å². The van der Waals surface area contributed by atoms with Gasteiger partial charge in [0.1, 0.15) is 0 Å². The van der Waals surface area contributed by atoms with Gasteiger partial charge < -0.3 is 9.80 Å². The Morgan fingerprint density at radius 1 is 0.846 bits per heavy atom. The lowest BCUT2D eigenvalue weighted by Gasteiger charge is -2.34. The first-order valence-corrected chi connectivity index (χ1v) is 14.0. The molecule has 39 heavy (non-hydrogen) atoms. The van der Waals surface area contributed by atoms with Crippen LogP contribution in [0.15, 0.2) is 47.4 Å². The normalized spacial score (nSPS) is 16.5. The van der Waals surface area contributed by atoms with Crippen molar-refractivity contribution >= 4 is 27.4 Å². The van der Waals surface area contributed by atoms with E-state index >= 15 is 0 Å². The number of piperazine rings is 1. The van der Waals surface area contributed by atoms with Gasteiger partial charge in [-0.1, -0.05) is 6.07 Å². The zero-order valence-corrected chi connectivity index (χ0v) is 22.6. The van der Waals surface area contributed by atoms with E-state index in [-0.39, 0.29) is 36.6 Å². The summed E-state index contributed by atoms with van der Waals surface area (Å²) >= 11 is 0. The van der Waals surface area contributed by atoms with Crippen molar-refractivity contribution in [2.45, 2.75) is 38.3 Å². The van der Waals surface area contributed by atoms with Crippen LogP contribution in [0, 0.1) is 20.8 Å². The van der Waals surface area contributed by atoms with Crippen molar-refractivity contribution in [2.24, 2.45) is 0 Å². The van der Waals surface area contributed by atoms with Gasteiger partial charge in [-0.05, 0) is 85.8 Å². The van der Waals surface area contributed by atoms with Gasteiger partial charge in [0.25, 0.3) is 0 Å². The van der Waals surface area contributed by atoms with Crippen molar-refractivity contribution in [2.75, 3.05) is 42.5 Å². The Labute approximate surface area is 225 Å². The van der Waals surface area contributed by atoms with Crippen molar-refractivity contribution in [3.8, 4) is 11.3 Å².